The Morgan fingerprint density at radius 2 is 2.24 bits per heavy atom. The molecule has 0 spiro atoms. The van der Waals surface area contributed by atoms with Crippen LogP contribution in [0.5, 0.6) is 0 Å². The molecule has 0 atom stereocenters. The summed E-state index contributed by atoms with van der Waals surface area (Å²) < 4.78 is 2.18. The fourth-order valence-corrected chi connectivity index (χ4v) is 1.91. The summed E-state index contributed by atoms with van der Waals surface area (Å²) in [5, 5.41) is 0. The smallest absolute Gasteiger partial charge is 0.267 e. The molecule has 6 heteroatoms. The highest BCUT2D eigenvalue weighted by Gasteiger charge is 2.06. The zero-order chi connectivity index (χ0) is 12.4. The van der Waals surface area contributed by atoms with Crippen LogP contribution in [0.3, 0.4) is 0 Å². The first-order valence-corrected chi connectivity index (χ1v) is 6.08. The van der Waals surface area contributed by atoms with E-state index in [1.807, 2.05) is 22.6 Å². The molecule has 0 aliphatic carbocycles. The molecule has 88 valence electrons. The Morgan fingerprint density at radius 3 is 2.94 bits per heavy atom. The molecule has 0 radical (unpaired) electrons. The number of pyridine rings is 1. The number of nitrogens with zero attached hydrogens (tertiary/aromatic N) is 3. The van der Waals surface area contributed by atoms with Crippen molar-refractivity contribution >= 4 is 28.3 Å². The van der Waals surface area contributed by atoms with Gasteiger partial charge in [0.25, 0.3) is 5.56 Å². The summed E-state index contributed by atoms with van der Waals surface area (Å²) in [6.45, 7) is 2.18. The monoisotopic (exact) mass is 342 g/mol. The summed E-state index contributed by atoms with van der Waals surface area (Å²) in [7, 11) is 0. The number of aryl methyl sites for hydroxylation is 1. The average molecular weight is 342 g/mol. The molecule has 2 aromatic rings. The molecule has 0 aromatic carbocycles. The van der Waals surface area contributed by atoms with E-state index in [9.17, 15) is 4.79 Å². The third-order valence-electron chi connectivity index (χ3n) is 2.37. The molecular formula is C11H11IN4O. The van der Waals surface area contributed by atoms with Crippen LogP contribution >= 0.6 is 22.6 Å². The molecule has 0 unspecified atom stereocenters. The lowest BCUT2D eigenvalue weighted by molar-refractivity contribution is 0.681. The fraction of sp³-hybridized carbons (Fsp3) is 0.182. The number of aromatic nitrogens is 3. The van der Waals surface area contributed by atoms with Crippen molar-refractivity contribution in [2.45, 2.75) is 13.5 Å². The third kappa shape index (κ3) is 2.63. The summed E-state index contributed by atoms with van der Waals surface area (Å²) in [6.07, 6.45) is 3.20. The molecular weight excluding hydrogens is 331 g/mol. The van der Waals surface area contributed by atoms with E-state index < -0.39 is 0 Å². The molecule has 2 aromatic heterocycles. The number of anilines is 1. The molecule has 2 N–H and O–H groups in total. The number of nitrogen functional groups attached to an aromatic ring is 1. The first-order chi connectivity index (χ1) is 8.08. The van der Waals surface area contributed by atoms with Crippen LogP contribution in [0.4, 0.5) is 5.69 Å². The Hall–Kier alpha value is -1.44. The van der Waals surface area contributed by atoms with Gasteiger partial charge in [-0.1, -0.05) is 0 Å². The molecule has 0 fully saturated rings. The lowest BCUT2D eigenvalue weighted by Gasteiger charge is -2.09. The van der Waals surface area contributed by atoms with Crippen molar-refractivity contribution in [2.24, 2.45) is 0 Å². The summed E-state index contributed by atoms with van der Waals surface area (Å²) in [5.74, 6) is 0.666. The van der Waals surface area contributed by atoms with Crippen LogP contribution in [0.25, 0.3) is 0 Å². The number of halogens is 1. The summed E-state index contributed by atoms with van der Waals surface area (Å²) in [4.78, 5) is 20.3. The van der Waals surface area contributed by atoms with Crippen molar-refractivity contribution in [3.8, 4) is 0 Å². The first-order valence-electron chi connectivity index (χ1n) is 5.00. The van der Waals surface area contributed by atoms with Gasteiger partial charge >= 0.3 is 0 Å². The van der Waals surface area contributed by atoms with Gasteiger partial charge in [-0.05, 0) is 41.6 Å². The largest absolute Gasteiger partial charge is 0.399 e. The Morgan fingerprint density at radius 1 is 1.47 bits per heavy atom. The summed E-state index contributed by atoms with van der Waals surface area (Å²) >= 11 is 1.98. The SMILES string of the molecule is Cc1ncc(I)c(=O)n1Cc1cc(N)ccn1. The van der Waals surface area contributed by atoms with Crippen molar-refractivity contribution in [2.75, 3.05) is 5.73 Å². The minimum absolute atomic E-state index is 0.0534. The van der Waals surface area contributed by atoms with Crippen molar-refractivity contribution in [3.63, 3.8) is 0 Å². The molecule has 0 aliphatic heterocycles. The molecule has 17 heavy (non-hydrogen) atoms. The van der Waals surface area contributed by atoms with E-state index in [2.05, 4.69) is 9.97 Å². The fourth-order valence-electron chi connectivity index (χ4n) is 1.48. The second kappa shape index (κ2) is 4.82. The maximum atomic E-state index is 11.9. The van der Waals surface area contributed by atoms with E-state index in [1.54, 1.807) is 36.0 Å². The number of nitrogens with two attached hydrogens (primary N) is 1. The Kier molecular flexibility index (Phi) is 3.41. The van der Waals surface area contributed by atoms with Gasteiger partial charge in [-0.15, -0.1) is 0 Å². The zero-order valence-corrected chi connectivity index (χ0v) is 11.4. The van der Waals surface area contributed by atoms with Crippen LogP contribution in [0, 0.1) is 10.5 Å². The zero-order valence-electron chi connectivity index (χ0n) is 9.22. The predicted molar refractivity (Wildman–Crippen MR) is 73.7 cm³/mol. The van der Waals surface area contributed by atoms with Crippen LogP contribution < -0.4 is 11.3 Å². The highest BCUT2D eigenvalue weighted by Crippen LogP contribution is 2.05. The predicted octanol–water partition coefficient (Wildman–Crippen LogP) is 1.18. The topological polar surface area (TPSA) is 73.8 Å². The second-order valence-corrected chi connectivity index (χ2v) is 4.79. The van der Waals surface area contributed by atoms with E-state index >= 15 is 0 Å². The van der Waals surface area contributed by atoms with Crippen LogP contribution in [-0.4, -0.2) is 14.5 Å². The van der Waals surface area contributed by atoms with E-state index in [0.29, 0.717) is 21.6 Å². The van der Waals surface area contributed by atoms with Gasteiger partial charge in [-0.2, -0.15) is 0 Å². The molecule has 2 heterocycles. The maximum Gasteiger partial charge on any atom is 0.267 e. The Bertz CT molecular complexity index is 609. The van der Waals surface area contributed by atoms with E-state index in [1.165, 1.54) is 0 Å². The van der Waals surface area contributed by atoms with Gasteiger partial charge in [0.15, 0.2) is 0 Å². The van der Waals surface area contributed by atoms with E-state index in [-0.39, 0.29) is 5.56 Å². The third-order valence-corrected chi connectivity index (χ3v) is 3.11. The molecule has 2 rings (SSSR count). The highest BCUT2D eigenvalue weighted by molar-refractivity contribution is 14.1. The molecule has 0 saturated carbocycles. The minimum Gasteiger partial charge on any atom is -0.399 e. The van der Waals surface area contributed by atoms with Gasteiger partial charge in [-0.25, -0.2) is 4.98 Å². The number of rotatable bonds is 2. The number of hydrogen-bond acceptors (Lipinski definition) is 4. The van der Waals surface area contributed by atoms with Crippen molar-refractivity contribution in [1.29, 1.82) is 0 Å². The van der Waals surface area contributed by atoms with E-state index in [4.69, 9.17) is 5.73 Å². The van der Waals surface area contributed by atoms with Crippen LogP contribution in [0.15, 0.2) is 29.3 Å². The van der Waals surface area contributed by atoms with Gasteiger partial charge in [0.2, 0.25) is 0 Å². The normalized spacial score (nSPS) is 10.5. The van der Waals surface area contributed by atoms with Gasteiger partial charge in [0.05, 0.1) is 15.8 Å². The van der Waals surface area contributed by atoms with E-state index in [0.717, 1.165) is 5.69 Å². The van der Waals surface area contributed by atoms with Crippen molar-refractivity contribution in [3.05, 3.63) is 50.0 Å². The quantitative estimate of drug-likeness (QED) is 0.832. The minimum atomic E-state index is -0.0534. The second-order valence-electron chi connectivity index (χ2n) is 3.63. The van der Waals surface area contributed by atoms with Crippen molar-refractivity contribution < 1.29 is 0 Å². The summed E-state index contributed by atoms with van der Waals surface area (Å²) in [6, 6.07) is 3.47. The van der Waals surface area contributed by atoms with Gasteiger partial charge in [0.1, 0.15) is 5.82 Å². The Balaban J connectivity index is 2.43. The molecule has 0 amide bonds. The lowest BCUT2D eigenvalue weighted by atomic mass is 10.3. The first kappa shape index (κ1) is 12.0. The average Bonchev–Trinajstić information content (AvgIpc) is 2.30. The number of hydrogen-bond donors (Lipinski definition) is 1. The maximum absolute atomic E-state index is 11.9. The standard InChI is InChI=1S/C11H11IN4O/c1-7-15-5-10(12)11(17)16(7)6-9-4-8(13)2-3-14-9/h2-5H,6H2,1H3,(H2,13,14). The van der Waals surface area contributed by atoms with Gasteiger partial charge in [-0.3, -0.25) is 14.3 Å². The van der Waals surface area contributed by atoms with Crippen LogP contribution in [-0.2, 0) is 6.54 Å². The molecule has 0 bridgehead atoms. The van der Waals surface area contributed by atoms with Gasteiger partial charge in [0, 0.05) is 18.1 Å². The highest BCUT2D eigenvalue weighted by atomic mass is 127. The lowest BCUT2D eigenvalue weighted by Crippen LogP contribution is -2.26. The van der Waals surface area contributed by atoms with Crippen LogP contribution in [0.1, 0.15) is 11.5 Å². The van der Waals surface area contributed by atoms with Crippen molar-refractivity contribution in [1.82, 2.24) is 14.5 Å². The molecule has 5 nitrogen and oxygen atoms in total. The van der Waals surface area contributed by atoms with Gasteiger partial charge < -0.3 is 5.73 Å². The Labute approximate surface area is 112 Å². The van der Waals surface area contributed by atoms with Crippen LogP contribution in [0.2, 0.25) is 0 Å². The molecule has 0 saturated heterocycles. The summed E-state index contributed by atoms with van der Waals surface area (Å²) in [5.41, 5.74) is 7.01. The molecule has 0 aliphatic rings.